The van der Waals surface area contributed by atoms with E-state index in [9.17, 15) is 9.18 Å². The van der Waals surface area contributed by atoms with Gasteiger partial charge in [0.2, 0.25) is 5.51 Å². The van der Waals surface area contributed by atoms with Crippen molar-refractivity contribution in [1.29, 1.82) is 0 Å². The van der Waals surface area contributed by atoms with Gasteiger partial charge in [0.15, 0.2) is 23.8 Å². The van der Waals surface area contributed by atoms with E-state index in [2.05, 4.69) is 39.9 Å². The molecule has 0 radical (unpaired) electrons. The molecule has 0 saturated heterocycles. The van der Waals surface area contributed by atoms with E-state index in [0.717, 1.165) is 24.9 Å². The molecule has 0 spiro atoms. The second kappa shape index (κ2) is 17.6. The molecule has 2 amide bonds. The lowest BCUT2D eigenvalue weighted by Gasteiger charge is -2.11. The number of benzene rings is 2. The number of halogens is 1. The summed E-state index contributed by atoms with van der Waals surface area (Å²) in [5.41, 5.74) is 5.41. The molecule has 2 aromatic carbocycles. The van der Waals surface area contributed by atoms with Crippen LogP contribution in [0.1, 0.15) is 95.2 Å². The average molecular weight is 555 g/mol. The van der Waals surface area contributed by atoms with Gasteiger partial charge in [-0.05, 0) is 30.7 Å². The highest BCUT2D eigenvalue weighted by atomic mass is 32.1. The zero-order valence-electron chi connectivity index (χ0n) is 23.6. The van der Waals surface area contributed by atoms with Gasteiger partial charge in [-0.15, -0.1) is 0 Å². The van der Waals surface area contributed by atoms with Crippen LogP contribution in [0.15, 0.2) is 53.4 Å². The number of aromatic nitrogens is 1. The van der Waals surface area contributed by atoms with E-state index in [1.165, 1.54) is 76.0 Å². The molecule has 0 aliphatic rings. The van der Waals surface area contributed by atoms with Gasteiger partial charge in [0.25, 0.3) is 0 Å². The maximum atomic E-state index is 14.5. The number of nitrogens with one attached hydrogen (secondary N) is 2. The lowest BCUT2D eigenvalue weighted by Crippen LogP contribution is -2.34. The average Bonchev–Trinajstić information content (AvgIpc) is 3.32. The van der Waals surface area contributed by atoms with E-state index in [-0.39, 0.29) is 5.75 Å². The van der Waals surface area contributed by atoms with Gasteiger partial charge in [0.05, 0.1) is 12.0 Å². The predicted molar refractivity (Wildman–Crippen MR) is 160 cm³/mol. The molecular weight excluding hydrogens is 509 g/mol. The molecule has 0 fully saturated rings. The van der Waals surface area contributed by atoms with E-state index >= 15 is 0 Å². The molecule has 3 rings (SSSR count). The topological polar surface area (TPSA) is 54.2 Å². The fourth-order valence-corrected chi connectivity index (χ4v) is 5.35. The van der Waals surface area contributed by atoms with Crippen molar-refractivity contribution in [2.45, 2.75) is 97.4 Å². The minimum absolute atomic E-state index is 0.220. The predicted octanol–water partition coefficient (Wildman–Crippen LogP) is 9.26. The SMILES string of the molecule is CCCCCCCCCCCCCCOc1ccc(NC(=O)Nc2cccc(C[n+]3cscc3C)c2)cc1F. The number of thiazole rings is 1. The van der Waals surface area contributed by atoms with Gasteiger partial charge in [-0.1, -0.05) is 101 Å². The van der Waals surface area contributed by atoms with Gasteiger partial charge in [-0.3, -0.25) is 0 Å². The second-order valence-corrected chi connectivity index (χ2v) is 11.0. The number of urea groups is 1. The third kappa shape index (κ3) is 11.8. The lowest BCUT2D eigenvalue weighted by molar-refractivity contribution is -0.689. The monoisotopic (exact) mass is 554 g/mol. The Labute approximate surface area is 237 Å². The van der Waals surface area contributed by atoms with Crippen LogP contribution in [0.3, 0.4) is 0 Å². The Hall–Kier alpha value is -2.93. The van der Waals surface area contributed by atoms with E-state index in [1.807, 2.05) is 24.3 Å². The lowest BCUT2D eigenvalue weighted by atomic mass is 10.1. The number of rotatable bonds is 18. The highest BCUT2D eigenvalue weighted by molar-refractivity contribution is 7.07. The maximum absolute atomic E-state index is 14.5. The van der Waals surface area contributed by atoms with Crippen LogP contribution in [-0.2, 0) is 6.54 Å². The number of hydrogen-bond acceptors (Lipinski definition) is 3. The molecule has 0 bridgehead atoms. The summed E-state index contributed by atoms with van der Waals surface area (Å²) in [6.07, 6.45) is 15.3. The number of carbonyl (C=O) groups excluding carboxylic acids is 1. The number of anilines is 2. The minimum atomic E-state index is -0.475. The molecule has 0 saturated carbocycles. The minimum Gasteiger partial charge on any atom is -0.491 e. The van der Waals surface area contributed by atoms with Crippen molar-refractivity contribution < 1.29 is 18.5 Å². The summed E-state index contributed by atoms with van der Waals surface area (Å²) < 4.78 is 22.3. The van der Waals surface area contributed by atoms with Crippen molar-refractivity contribution in [3.8, 4) is 5.75 Å². The standard InChI is InChI=1S/C32H44FN3O2S/c1-3-4-5-6-7-8-9-10-11-12-13-14-20-38-31-19-18-29(22-30(31)33)35-32(37)34-28-17-15-16-27(21-28)23-36-25-39-24-26(36)2/h15-19,21-22,24-25H,3-14,20,23H2,1-2H3,(H-,34,35,37)/p+1. The molecule has 3 aromatic rings. The second-order valence-electron chi connectivity index (χ2n) is 10.3. The zero-order chi connectivity index (χ0) is 27.7. The van der Waals surface area contributed by atoms with Crippen LogP contribution in [-0.4, -0.2) is 12.6 Å². The quantitative estimate of drug-likeness (QED) is 0.122. The molecular formula is C32H45FN3O2S+. The molecule has 0 atom stereocenters. The summed E-state index contributed by atoms with van der Waals surface area (Å²) >= 11 is 1.66. The van der Waals surface area contributed by atoms with Gasteiger partial charge in [-0.2, -0.15) is 4.57 Å². The molecule has 39 heavy (non-hydrogen) atoms. The smallest absolute Gasteiger partial charge is 0.323 e. The normalized spacial score (nSPS) is 10.9. The van der Waals surface area contributed by atoms with Crippen molar-refractivity contribution in [3.05, 3.63) is 70.4 Å². The number of aryl methyl sites for hydroxylation is 1. The van der Waals surface area contributed by atoms with Crippen LogP contribution in [0.5, 0.6) is 5.75 Å². The van der Waals surface area contributed by atoms with Crippen LogP contribution in [0, 0.1) is 12.7 Å². The molecule has 0 aliphatic carbocycles. The first-order valence-electron chi connectivity index (χ1n) is 14.6. The molecule has 0 unspecified atom stereocenters. The van der Waals surface area contributed by atoms with Crippen LogP contribution < -0.4 is 19.9 Å². The van der Waals surface area contributed by atoms with Crippen molar-refractivity contribution in [2.24, 2.45) is 0 Å². The van der Waals surface area contributed by atoms with Gasteiger partial charge >= 0.3 is 6.03 Å². The number of unbranched alkanes of at least 4 members (excludes halogenated alkanes) is 11. The first-order valence-corrected chi connectivity index (χ1v) is 15.5. The number of nitrogens with zero attached hydrogens (tertiary/aromatic N) is 1. The highest BCUT2D eigenvalue weighted by Crippen LogP contribution is 2.22. The van der Waals surface area contributed by atoms with Crippen LogP contribution in [0.2, 0.25) is 0 Å². The summed E-state index contributed by atoms with van der Waals surface area (Å²) in [6, 6.07) is 11.8. The first kappa shape index (κ1) is 30.6. The molecule has 1 aromatic heterocycles. The molecule has 7 heteroatoms. The van der Waals surface area contributed by atoms with Gasteiger partial charge in [0.1, 0.15) is 0 Å². The van der Waals surface area contributed by atoms with Crippen molar-refractivity contribution in [2.75, 3.05) is 17.2 Å². The van der Waals surface area contributed by atoms with Gasteiger partial charge in [-0.25, -0.2) is 9.18 Å². The Kier molecular flexibility index (Phi) is 13.8. The third-order valence-electron chi connectivity index (χ3n) is 6.86. The Morgan fingerprint density at radius 1 is 0.872 bits per heavy atom. The summed E-state index contributed by atoms with van der Waals surface area (Å²) in [4.78, 5) is 12.5. The number of amides is 2. The fraction of sp³-hybridized carbons (Fsp3) is 0.500. The molecule has 5 nitrogen and oxygen atoms in total. The van der Waals surface area contributed by atoms with E-state index in [0.29, 0.717) is 18.0 Å². The van der Waals surface area contributed by atoms with Gasteiger partial charge in [0, 0.05) is 29.9 Å². The Morgan fingerprint density at radius 2 is 1.51 bits per heavy atom. The van der Waals surface area contributed by atoms with Crippen molar-refractivity contribution in [1.82, 2.24) is 0 Å². The molecule has 0 aliphatic heterocycles. The van der Waals surface area contributed by atoms with Crippen molar-refractivity contribution in [3.63, 3.8) is 0 Å². The first-order chi connectivity index (χ1) is 19.0. The van der Waals surface area contributed by atoms with E-state index in [1.54, 1.807) is 23.5 Å². The maximum Gasteiger partial charge on any atom is 0.323 e. The van der Waals surface area contributed by atoms with Crippen LogP contribution >= 0.6 is 11.3 Å². The van der Waals surface area contributed by atoms with Crippen molar-refractivity contribution >= 4 is 28.7 Å². The van der Waals surface area contributed by atoms with Crippen LogP contribution in [0.4, 0.5) is 20.6 Å². The number of ether oxygens (including phenoxy) is 1. The Morgan fingerprint density at radius 3 is 2.13 bits per heavy atom. The molecule has 1 heterocycles. The zero-order valence-corrected chi connectivity index (χ0v) is 24.5. The van der Waals surface area contributed by atoms with Crippen LogP contribution in [0.25, 0.3) is 0 Å². The van der Waals surface area contributed by atoms with E-state index < -0.39 is 11.8 Å². The van der Waals surface area contributed by atoms with E-state index in [4.69, 9.17) is 4.74 Å². The summed E-state index contributed by atoms with van der Waals surface area (Å²) in [6.45, 7) is 5.56. The Balaban J connectivity index is 1.30. The fourth-order valence-electron chi connectivity index (χ4n) is 4.57. The van der Waals surface area contributed by atoms with Gasteiger partial charge < -0.3 is 15.4 Å². The highest BCUT2D eigenvalue weighted by Gasteiger charge is 2.11. The largest absolute Gasteiger partial charge is 0.491 e. The number of hydrogen-bond donors (Lipinski definition) is 2. The summed E-state index contributed by atoms with van der Waals surface area (Å²) in [5.74, 6) is -0.255. The number of carbonyl (C=O) groups is 1. The summed E-state index contributed by atoms with van der Waals surface area (Å²) in [7, 11) is 0. The third-order valence-corrected chi connectivity index (χ3v) is 7.72. The molecule has 2 N–H and O–H groups in total. The molecule has 212 valence electrons. The summed E-state index contributed by atoms with van der Waals surface area (Å²) in [5, 5.41) is 7.63. The Bertz CT molecular complexity index is 1130.